The van der Waals surface area contributed by atoms with Gasteiger partial charge in [-0.3, -0.25) is 0 Å². The number of carbonyl (C=O) groups excluding carboxylic acids is 1. The first-order valence-corrected chi connectivity index (χ1v) is 6.47. The molecule has 3 heteroatoms. The van der Waals surface area contributed by atoms with Gasteiger partial charge in [-0.05, 0) is 37.6 Å². The largest absolute Gasteiger partial charge is 0.462 e. The maximum Gasteiger partial charge on any atom is 0.334 e. The Balaban J connectivity index is 2.15. The molecule has 1 aliphatic rings. The Bertz CT molecular complexity index is 444. The Morgan fingerprint density at radius 1 is 1.22 bits per heavy atom. The van der Waals surface area contributed by atoms with Crippen LogP contribution in [0.25, 0.3) is 6.08 Å². The molecule has 0 aromatic heterocycles. The molecule has 2 rings (SSSR count). The van der Waals surface area contributed by atoms with Crippen LogP contribution in [-0.2, 0) is 9.53 Å². The fourth-order valence-corrected chi connectivity index (χ4v) is 2.15. The van der Waals surface area contributed by atoms with E-state index in [1.807, 2.05) is 18.2 Å². The average molecular weight is 245 g/mol. The summed E-state index contributed by atoms with van der Waals surface area (Å²) < 4.78 is 4.92. The number of ether oxygens (including phenoxy) is 1. The van der Waals surface area contributed by atoms with E-state index < -0.39 is 0 Å². The van der Waals surface area contributed by atoms with Gasteiger partial charge in [-0.15, -0.1) is 0 Å². The van der Waals surface area contributed by atoms with Gasteiger partial charge in [0.05, 0.1) is 6.61 Å². The lowest BCUT2D eigenvalue weighted by atomic mass is 10.1. The molecule has 0 aliphatic carbocycles. The van der Waals surface area contributed by atoms with E-state index in [1.54, 1.807) is 0 Å². The molecule has 1 fully saturated rings. The average Bonchev–Trinajstić information content (AvgIpc) is 2.79. The highest BCUT2D eigenvalue weighted by Crippen LogP contribution is 2.20. The summed E-state index contributed by atoms with van der Waals surface area (Å²) in [6.45, 7) is 6.82. The van der Waals surface area contributed by atoms with Gasteiger partial charge in [0, 0.05) is 30.8 Å². The van der Waals surface area contributed by atoms with Gasteiger partial charge in [-0.25, -0.2) is 4.79 Å². The summed E-state index contributed by atoms with van der Waals surface area (Å²) in [6, 6.07) is 8.29. The number of anilines is 1. The van der Waals surface area contributed by atoms with Gasteiger partial charge in [0.1, 0.15) is 0 Å². The minimum atomic E-state index is -0.178. The highest BCUT2D eigenvalue weighted by molar-refractivity contribution is 5.95. The fraction of sp³-hybridized carbons (Fsp3) is 0.400. The topological polar surface area (TPSA) is 29.5 Å². The van der Waals surface area contributed by atoms with Crippen LogP contribution >= 0.6 is 0 Å². The van der Waals surface area contributed by atoms with Crippen molar-refractivity contribution in [3.8, 4) is 0 Å². The van der Waals surface area contributed by atoms with Gasteiger partial charge in [0.15, 0.2) is 0 Å². The molecular weight excluding hydrogens is 226 g/mol. The Kier molecular flexibility index (Phi) is 4.03. The Hall–Kier alpha value is -1.77. The van der Waals surface area contributed by atoms with E-state index in [0.717, 1.165) is 30.6 Å². The predicted molar refractivity (Wildman–Crippen MR) is 73.6 cm³/mol. The molecule has 0 bridgehead atoms. The van der Waals surface area contributed by atoms with Gasteiger partial charge < -0.3 is 9.64 Å². The number of benzene rings is 1. The number of carbonyl (C=O) groups is 1. The molecule has 18 heavy (non-hydrogen) atoms. The van der Waals surface area contributed by atoms with E-state index in [-0.39, 0.29) is 5.97 Å². The van der Waals surface area contributed by atoms with Crippen LogP contribution in [0.1, 0.15) is 25.8 Å². The Labute approximate surface area is 108 Å². The molecule has 0 N–H and O–H groups in total. The predicted octanol–water partition coefficient (Wildman–Crippen LogP) is 2.86. The van der Waals surface area contributed by atoms with Crippen LogP contribution in [0.4, 0.5) is 5.69 Å². The zero-order chi connectivity index (χ0) is 13.0. The molecule has 0 unspecified atom stereocenters. The second kappa shape index (κ2) is 5.71. The monoisotopic (exact) mass is 245 g/mol. The number of hydrogen-bond acceptors (Lipinski definition) is 3. The normalized spacial score (nSPS) is 17.0. The van der Waals surface area contributed by atoms with Gasteiger partial charge in [-0.1, -0.05) is 12.1 Å². The van der Waals surface area contributed by atoms with E-state index in [0.29, 0.717) is 6.61 Å². The van der Waals surface area contributed by atoms with Crippen LogP contribution in [0.15, 0.2) is 29.8 Å². The first-order valence-electron chi connectivity index (χ1n) is 6.47. The summed E-state index contributed by atoms with van der Waals surface area (Å²) in [6.07, 6.45) is 2.64. The number of cyclic esters (lactones) is 1. The molecule has 0 radical (unpaired) electrons. The molecule has 3 nitrogen and oxygen atoms in total. The van der Waals surface area contributed by atoms with Crippen molar-refractivity contribution in [2.24, 2.45) is 0 Å². The number of hydrogen-bond donors (Lipinski definition) is 0. The van der Waals surface area contributed by atoms with Gasteiger partial charge in [0.25, 0.3) is 0 Å². The van der Waals surface area contributed by atoms with Gasteiger partial charge in [0.2, 0.25) is 0 Å². The van der Waals surface area contributed by atoms with E-state index in [1.165, 1.54) is 5.69 Å². The quantitative estimate of drug-likeness (QED) is 0.603. The summed E-state index contributed by atoms with van der Waals surface area (Å²) >= 11 is 0. The highest BCUT2D eigenvalue weighted by atomic mass is 16.5. The standard InChI is InChI=1S/C15H19NO2/c1-3-16(4-2)14-7-5-12(6-8-14)11-13-9-10-18-15(13)17/h5-8,11H,3-4,9-10H2,1-2H3/b13-11-. The second-order valence-electron chi connectivity index (χ2n) is 4.32. The third kappa shape index (κ3) is 2.73. The van der Waals surface area contributed by atoms with Crippen molar-refractivity contribution in [1.29, 1.82) is 0 Å². The molecule has 0 saturated carbocycles. The van der Waals surface area contributed by atoms with Crippen molar-refractivity contribution in [2.75, 3.05) is 24.6 Å². The number of esters is 1. The van der Waals surface area contributed by atoms with Crippen LogP contribution in [-0.4, -0.2) is 25.7 Å². The molecule has 1 aromatic rings. The van der Waals surface area contributed by atoms with E-state index in [9.17, 15) is 4.79 Å². The number of rotatable bonds is 4. The first-order chi connectivity index (χ1) is 8.74. The third-order valence-electron chi connectivity index (χ3n) is 3.23. The molecule has 1 heterocycles. The van der Waals surface area contributed by atoms with E-state index >= 15 is 0 Å². The van der Waals surface area contributed by atoms with Crippen molar-refractivity contribution in [2.45, 2.75) is 20.3 Å². The summed E-state index contributed by atoms with van der Waals surface area (Å²) in [4.78, 5) is 13.6. The molecule has 1 aliphatic heterocycles. The zero-order valence-corrected chi connectivity index (χ0v) is 11.0. The lowest BCUT2D eigenvalue weighted by Gasteiger charge is -2.20. The van der Waals surface area contributed by atoms with Crippen molar-refractivity contribution in [1.82, 2.24) is 0 Å². The van der Waals surface area contributed by atoms with Crippen LogP contribution in [0.5, 0.6) is 0 Å². The van der Waals surface area contributed by atoms with Crippen LogP contribution < -0.4 is 4.90 Å². The smallest absolute Gasteiger partial charge is 0.334 e. The molecule has 0 amide bonds. The van der Waals surface area contributed by atoms with Crippen LogP contribution in [0.2, 0.25) is 0 Å². The summed E-state index contributed by atoms with van der Waals surface area (Å²) in [5.74, 6) is -0.178. The summed E-state index contributed by atoms with van der Waals surface area (Å²) in [7, 11) is 0. The molecular formula is C15H19NO2. The third-order valence-corrected chi connectivity index (χ3v) is 3.23. The van der Waals surface area contributed by atoms with Crippen LogP contribution in [0, 0.1) is 0 Å². The van der Waals surface area contributed by atoms with Crippen molar-refractivity contribution in [3.05, 3.63) is 35.4 Å². The van der Waals surface area contributed by atoms with Crippen molar-refractivity contribution >= 4 is 17.7 Å². The molecule has 1 aromatic carbocycles. The van der Waals surface area contributed by atoms with Crippen molar-refractivity contribution < 1.29 is 9.53 Å². The van der Waals surface area contributed by atoms with E-state index in [4.69, 9.17) is 4.74 Å². The maximum absolute atomic E-state index is 11.3. The van der Waals surface area contributed by atoms with Crippen LogP contribution in [0.3, 0.4) is 0 Å². The summed E-state index contributed by atoms with van der Waals surface area (Å²) in [5, 5.41) is 0. The lowest BCUT2D eigenvalue weighted by molar-refractivity contribution is -0.134. The Morgan fingerprint density at radius 2 is 1.89 bits per heavy atom. The number of nitrogens with zero attached hydrogens (tertiary/aromatic N) is 1. The van der Waals surface area contributed by atoms with Gasteiger partial charge in [-0.2, -0.15) is 0 Å². The Morgan fingerprint density at radius 3 is 2.39 bits per heavy atom. The van der Waals surface area contributed by atoms with E-state index in [2.05, 4.69) is 30.9 Å². The minimum Gasteiger partial charge on any atom is -0.462 e. The molecule has 96 valence electrons. The SMILES string of the molecule is CCN(CC)c1ccc(/C=C2/CCOC2=O)cc1. The minimum absolute atomic E-state index is 0.178. The highest BCUT2D eigenvalue weighted by Gasteiger charge is 2.18. The second-order valence-corrected chi connectivity index (χ2v) is 4.32. The molecule has 1 saturated heterocycles. The van der Waals surface area contributed by atoms with Gasteiger partial charge >= 0.3 is 5.97 Å². The zero-order valence-electron chi connectivity index (χ0n) is 11.0. The lowest BCUT2D eigenvalue weighted by Crippen LogP contribution is -2.21. The summed E-state index contributed by atoms with van der Waals surface area (Å²) in [5.41, 5.74) is 3.04. The molecule has 0 spiro atoms. The maximum atomic E-state index is 11.3. The first kappa shape index (κ1) is 12.7. The fourth-order valence-electron chi connectivity index (χ4n) is 2.15. The van der Waals surface area contributed by atoms with Crippen molar-refractivity contribution in [3.63, 3.8) is 0 Å². The molecule has 0 atom stereocenters.